The molecule has 0 saturated heterocycles. The zero-order chi connectivity index (χ0) is 58.5. The number of allylic oxidation sites excluding steroid dienone is 3. The molecule has 0 aromatic carbocycles. The Morgan fingerprint density at radius 2 is 0.580 bits per heavy atom. The SMILES string of the molecule is CCCCCCCCCCCCCCCCCCCCCCCCC/C=C/C(O)C(CO)NC(=O)CCCCCCCCC/C=C\CCCCCCCCCCCOC(=O)CCCCCCCCCCCCCCCCCCCCC. The second-order valence-corrected chi connectivity index (χ2v) is 25.6. The topological polar surface area (TPSA) is 95.9 Å². The number of carbonyl (C=O) groups is 2. The summed E-state index contributed by atoms with van der Waals surface area (Å²) in [4.78, 5) is 24.7. The molecule has 1 amide bonds. The molecule has 0 bridgehead atoms. The average Bonchev–Trinajstić information content (AvgIpc) is 3.47. The maximum Gasteiger partial charge on any atom is 0.305 e. The Hall–Kier alpha value is -1.66. The van der Waals surface area contributed by atoms with Gasteiger partial charge in [0.25, 0.3) is 0 Å². The molecule has 0 spiro atoms. The van der Waals surface area contributed by atoms with E-state index in [0.717, 1.165) is 44.9 Å². The van der Waals surface area contributed by atoms with Crippen molar-refractivity contribution in [2.75, 3.05) is 13.2 Å². The van der Waals surface area contributed by atoms with Gasteiger partial charge in [0.2, 0.25) is 5.91 Å². The van der Waals surface area contributed by atoms with E-state index in [1.807, 2.05) is 6.08 Å². The van der Waals surface area contributed by atoms with E-state index in [9.17, 15) is 19.8 Å². The molecule has 0 heterocycles. The Labute approximate surface area is 507 Å². The number of aliphatic hydroxyl groups excluding tert-OH is 2. The Bertz CT molecular complexity index is 1270. The molecule has 2 unspecified atom stereocenters. The van der Waals surface area contributed by atoms with E-state index in [4.69, 9.17) is 4.74 Å². The van der Waals surface area contributed by atoms with Gasteiger partial charge in [-0.1, -0.05) is 372 Å². The average molecular weight is 1140 g/mol. The van der Waals surface area contributed by atoms with E-state index in [1.165, 1.54) is 347 Å². The summed E-state index contributed by atoms with van der Waals surface area (Å²) in [6.07, 6.45) is 89.8. The minimum atomic E-state index is -0.852. The highest BCUT2D eigenvalue weighted by Gasteiger charge is 2.18. The molecule has 0 rings (SSSR count). The lowest BCUT2D eigenvalue weighted by atomic mass is 10.0. The standard InChI is InChI=1S/C75H145NO5/c1-3-5-7-9-11-13-15-17-19-21-23-24-25-26-27-28-32-35-39-43-47-51-55-59-63-67-73(78)72(71-77)76-74(79)68-64-60-56-52-48-44-40-36-33-29-30-34-38-42-46-50-54-58-62-66-70-81-75(80)69-65-61-57-53-49-45-41-37-31-22-20-18-16-14-12-10-8-6-4-2/h29,33,63,67,72-73,77-78H,3-28,30-32,34-62,64-66,68-71H2,1-2H3,(H,76,79)/b33-29-,67-63+. The first-order valence-corrected chi connectivity index (χ1v) is 37.1. The van der Waals surface area contributed by atoms with Gasteiger partial charge in [0, 0.05) is 12.8 Å². The first-order chi connectivity index (χ1) is 40.0. The molecule has 3 N–H and O–H groups in total. The summed E-state index contributed by atoms with van der Waals surface area (Å²) < 4.78 is 5.51. The molecule has 81 heavy (non-hydrogen) atoms. The lowest BCUT2D eigenvalue weighted by molar-refractivity contribution is -0.143. The molecular weight excluding hydrogens is 995 g/mol. The second-order valence-electron chi connectivity index (χ2n) is 25.6. The minimum Gasteiger partial charge on any atom is -0.466 e. The number of aliphatic hydroxyl groups is 2. The highest BCUT2D eigenvalue weighted by atomic mass is 16.5. The summed E-state index contributed by atoms with van der Waals surface area (Å²) in [6.45, 7) is 4.94. The van der Waals surface area contributed by atoms with Crippen LogP contribution in [0.15, 0.2) is 24.3 Å². The van der Waals surface area contributed by atoms with Crippen LogP contribution in [-0.4, -0.2) is 47.4 Å². The number of nitrogens with one attached hydrogen (secondary N) is 1. The zero-order valence-electron chi connectivity index (χ0n) is 55.0. The van der Waals surface area contributed by atoms with Crippen LogP contribution in [0, 0.1) is 0 Å². The molecule has 0 aliphatic carbocycles. The van der Waals surface area contributed by atoms with Crippen LogP contribution in [0.25, 0.3) is 0 Å². The lowest BCUT2D eigenvalue weighted by Gasteiger charge is -2.20. The summed E-state index contributed by atoms with van der Waals surface area (Å²) in [5.41, 5.74) is 0. The Morgan fingerprint density at radius 3 is 0.877 bits per heavy atom. The van der Waals surface area contributed by atoms with Crippen molar-refractivity contribution < 1.29 is 24.5 Å². The summed E-state index contributed by atoms with van der Waals surface area (Å²) in [7, 11) is 0. The van der Waals surface area contributed by atoms with E-state index in [2.05, 4.69) is 31.3 Å². The summed E-state index contributed by atoms with van der Waals surface area (Å²) in [6, 6.07) is -0.636. The van der Waals surface area contributed by atoms with Crippen LogP contribution in [0.5, 0.6) is 0 Å². The van der Waals surface area contributed by atoms with Gasteiger partial charge in [-0.3, -0.25) is 9.59 Å². The molecule has 6 nitrogen and oxygen atoms in total. The molecule has 0 fully saturated rings. The quantitative estimate of drug-likeness (QED) is 0.0320. The number of rotatable bonds is 70. The summed E-state index contributed by atoms with van der Waals surface area (Å²) in [5, 5.41) is 23.3. The first-order valence-electron chi connectivity index (χ1n) is 37.1. The number of esters is 1. The Morgan fingerprint density at radius 1 is 0.333 bits per heavy atom. The highest BCUT2D eigenvalue weighted by Crippen LogP contribution is 2.19. The molecule has 6 heteroatoms. The molecule has 480 valence electrons. The predicted molar refractivity (Wildman–Crippen MR) is 356 cm³/mol. The van der Waals surface area contributed by atoms with Crippen LogP contribution in [-0.2, 0) is 14.3 Å². The normalized spacial score (nSPS) is 12.6. The summed E-state index contributed by atoms with van der Waals surface area (Å²) >= 11 is 0. The first kappa shape index (κ1) is 79.3. The van der Waals surface area contributed by atoms with Gasteiger partial charge >= 0.3 is 5.97 Å². The van der Waals surface area contributed by atoms with Gasteiger partial charge < -0.3 is 20.3 Å². The molecular formula is C75H145NO5. The smallest absolute Gasteiger partial charge is 0.305 e. The van der Waals surface area contributed by atoms with Crippen molar-refractivity contribution in [3.05, 3.63) is 24.3 Å². The monoisotopic (exact) mass is 1140 g/mol. The van der Waals surface area contributed by atoms with Crippen LogP contribution < -0.4 is 5.32 Å². The highest BCUT2D eigenvalue weighted by molar-refractivity contribution is 5.76. The van der Waals surface area contributed by atoms with Crippen molar-refractivity contribution in [3.8, 4) is 0 Å². The van der Waals surface area contributed by atoms with Crippen LogP contribution in [0.2, 0.25) is 0 Å². The van der Waals surface area contributed by atoms with Crippen LogP contribution >= 0.6 is 0 Å². The number of amides is 1. The van der Waals surface area contributed by atoms with E-state index >= 15 is 0 Å². The molecule has 0 aromatic heterocycles. The van der Waals surface area contributed by atoms with Crippen LogP contribution in [0.1, 0.15) is 418 Å². The van der Waals surface area contributed by atoms with Crippen molar-refractivity contribution in [1.82, 2.24) is 5.32 Å². The number of unbranched alkanes of at least 4 members (excludes halogenated alkanes) is 57. The summed E-state index contributed by atoms with van der Waals surface area (Å²) in [5.74, 6) is -0.0603. The molecule has 0 saturated carbocycles. The van der Waals surface area contributed by atoms with Crippen molar-refractivity contribution >= 4 is 11.9 Å². The zero-order valence-corrected chi connectivity index (χ0v) is 55.0. The van der Waals surface area contributed by atoms with E-state index in [0.29, 0.717) is 19.4 Å². The van der Waals surface area contributed by atoms with E-state index in [-0.39, 0.29) is 18.5 Å². The third-order valence-electron chi connectivity index (χ3n) is 17.5. The van der Waals surface area contributed by atoms with Crippen molar-refractivity contribution in [2.45, 2.75) is 431 Å². The third kappa shape index (κ3) is 67.3. The van der Waals surface area contributed by atoms with Gasteiger partial charge in [0.15, 0.2) is 0 Å². The van der Waals surface area contributed by atoms with Gasteiger partial charge in [-0.25, -0.2) is 0 Å². The lowest BCUT2D eigenvalue weighted by Crippen LogP contribution is -2.45. The van der Waals surface area contributed by atoms with E-state index in [1.54, 1.807) is 6.08 Å². The van der Waals surface area contributed by atoms with Crippen molar-refractivity contribution in [1.29, 1.82) is 0 Å². The molecule has 0 aromatic rings. The number of hydrogen-bond acceptors (Lipinski definition) is 5. The van der Waals surface area contributed by atoms with Crippen LogP contribution in [0.3, 0.4) is 0 Å². The van der Waals surface area contributed by atoms with Gasteiger partial charge in [-0.05, 0) is 57.8 Å². The predicted octanol–water partition coefficient (Wildman–Crippen LogP) is 24.1. The van der Waals surface area contributed by atoms with Crippen molar-refractivity contribution in [2.24, 2.45) is 0 Å². The fourth-order valence-corrected chi connectivity index (χ4v) is 11.8. The van der Waals surface area contributed by atoms with Gasteiger partial charge in [-0.2, -0.15) is 0 Å². The molecule has 0 aliphatic rings. The fraction of sp³-hybridized carbons (Fsp3) is 0.920. The fourth-order valence-electron chi connectivity index (χ4n) is 11.8. The van der Waals surface area contributed by atoms with Gasteiger partial charge in [-0.15, -0.1) is 0 Å². The number of ether oxygens (including phenoxy) is 1. The van der Waals surface area contributed by atoms with Gasteiger partial charge in [0.1, 0.15) is 0 Å². The number of carbonyl (C=O) groups excluding carboxylic acids is 2. The largest absolute Gasteiger partial charge is 0.466 e. The second kappa shape index (κ2) is 70.8. The maximum absolute atomic E-state index is 12.5. The molecule has 2 atom stereocenters. The Kier molecular flexibility index (Phi) is 69.4. The third-order valence-corrected chi connectivity index (χ3v) is 17.5. The van der Waals surface area contributed by atoms with Gasteiger partial charge in [0.05, 0.1) is 25.4 Å². The molecule has 0 aliphatic heterocycles. The van der Waals surface area contributed by atoms with Crippen LogP contribution in [0.4, 0.5) is 0 Å². The number of hydrogen-bond donors (Lipinski definition) is 3. The minimum absolute atomic E-state index is 0.0115. The molecule has 0 radical (unpaired) electrons. The Balaban J connectivity index is 3.43. The maximum atomic E-state index is 12.5. The van der Waals surface area contributed by atoms with E-state index < -0.39 is 12.1 Å². The van der Waals surface area contributed by atoms with Crippen molar-refractivity contribution in [3.63, 3.8) is 0 Å².